The topological polar surface area (TPSA) is 41.5 Å². The molecule has 1 rings (SSSR count). The number of hydrogen-bond acceptors (Lipinski definition) is 3. The van der Waals surface area contributed by atoms with E-state index >= 15 is 0 Å². The van der Waals surface area contributed by atoms with Crippen molar-refractivity contribution in [3.8, 4) is 23.8 Å². The Kier molecular flexibility index (Phi) is 4.02. The van der Waals surface area contributed by atoms with Gasteiger partial charge in [-0.15, -0.1) is 6.42 Å². The summed E-state index contributed by atoms with van der Waals surface area (Å²) < 4.78 is 5.00. The lowest BCUT2D eigenvalue weighted by Crippen LogP contribution is -2.18. The molecule has 0 aliphatic heterocycles. The van der Waals surface area contributed by atoms with Crippen molar-refractivity contribution in [2.45, 2.75) is 13.0 Å². The molecule has 15 heavy (non-hydrogen) atoms. The Morgan fingerprint density at radius 3 is 2.87 bits per heavy atom. The first kappa shape index (κ1) is 11.4. The van der Waals surface area contributed by atoms with Gasteiger partial charge in [-0.25, -0.2) is 0 Å². The van der Waals surface area contributed by atoms with Crippen LogP contribution in [0.5, 0.6) is 11.5 Å². The molecule has 0 aromatic heterocycles. The van der Waals surface area contributed by atoms with Crippen LogP contribution in [-0.2, 0) is 0 Å². The van der Waals surface area contributed by atoms with Crippen LogP contribution >= 0.6 is 0 Å². The molecule has 0 amide bonds. The minimum Gasteiger partial charge on any atom is -0.507 e. The van der Waals surface area contributed by atoms with E-state index in [2.05, 4.69) is 11.2 Å². The Morgan fingerprint density at radius 2 is 2.33 bits per heavy atom. The quantitative estimate of drug-likeness (QED) is 0.735. The number of terminal acetylenes is 1. The van der Waals surface area contributed by atoms with Gasteiger partial charge in [-0.1, -0.05) is 12.0 Å². The van der Waals surface area contributed by atoms with Gasteiger partial charge in [0.15, 0.2) is 0 Å². The van der Waals surface area contributed by atoms with Gasteiger partial charge in [0.05, 0.1) is 13.7 Å². The molecule has 1 unspecified atom stereocenters. The summed E-state index contributed by atoms with van der Waals surface area (Å²) in [6.07, 6.45) is 5.14. The van der Waals surface area contributed by atoms with Crippen molar-refractivity contribution in [1.82, 2.24) is 5.32 Å². The molecule has 0 bridgehead atoms. The molecule has 0 spiro atoms. The van der Waals surface area contributed by atoms with E-state index in [0.29, 0.717) is 12.3 Å². The molecule has 1 aromatic carbocycles. The molecule has 3 nitrogen and oxygen atoms in total. The van der Waals surface area contributed by atoms with E-state index in [1.54, 1.807) is 13.2 Å². The largest absolute Gasteiger partial charge is 0.507 e. The summed E-state index contributed by atoms with van der Waals surface area (Å²) in [7, 11) is 1.56. The molecule has 2 N–H and O–H groups in total. The maximum absolute atomic E-state index is 9.72. The van der Waals surface area contributed by atoms with Gasteiger partial charge >= 0.3 is 0 Å². The minimum atomic E-state index is 0.0203. The molecule has 3 heteroatoms. The van der Waals surface area contributed by atoms with E-state index in [1.165, 1.54) is 0 Å². The van der Waals surface area contributed by atoms with Gasteiger partial charge in [-0.2, -0.15) is 0 Å². The summed E-state index contributed by atoms with van der Waals surface area (Å²) in [5.74, 6) is 3.35. The van der Waals surface area contributed by atoms with Gasteiger partial charge in [0, 0.05) is 17.7 Å². The predicted octanol–water partition coefficient (Wildman–Crippen LogP) is 1.68. The summed E-state index contributed by atoms with van der Waals surface area (Å²) in [6.45, 7) is 2.42. The van der Waals surface area contributed by atoms with Crippen molar-refractivity contribution in [3.63, 3.8) is 0 Å². The smallest absolute Gasteiger partial charge is 0.124 e. The third-order valence-corrected chi connectivity index (χ3v) is 2.21. The Balaban J connectivity index is 2.81. The van der Waals surface area contributed by atoms with Gasteiger partial charge < -0.3 is 9.84 Å². The van der Waals surface area contributed by atoms with Crippen LogP contribution in [-0.4, -0.2) is 18.8 Å². The summed E-state index contributed by atoms with van der Waals surface area (Å²) in [4.78, 5) is 0. The molecular formula is C12H15NO2. The average molecular weight is 205 g/mol. The number of benzene rings is 1. The van der Waals surface area contributed by atoms with Crippen LogP contribution in [0.3, 0.4) is 0 Å². The lowest BCUT2D eigenvalue weighted by atomic mass is 10.1. The molecule has 1 aromatic rings. The fraction of sp³-hybridized carbons (Fsp3) is 0.333. The highest BCUT2D eigenvalue weighted by atomic mass is 16.5. The lowest BCUT2D eigenvalue weighted by molar-refractivity contribution is 0.404. The molecule has 80 valence electrons. The van der Waals surface area contributed by atoms with E-state index in [-0.39, 0.29) is 11.8 Å². The van der Waals surface area contributed by atoms with Crippen molar-refractivity contribution in [3.05, 3.63) is 23.8 Å². The van der Waals surface area contributed by atoms with Crippen LogP contribution in [0.1, 0.15) is 18.5 Å². The molecule has 0 saturated carbocycles. The van der Waals surface area contributed by atoms with Crippen molar-refractivity contribution in [2.24, 2.45) is 0 Å². The highest BCUT2D eigenvalue weighted by Crippen LogP contribution is 2.27. The average Bonchev–Trinajstić information content (AvgIpc) is 2.25. The number of phenols is 1. The van der Waals surface area contributed by atoms with Crippen molar-refractivity contribution >= 4 is 0 Å². The van der Waals surface area contributed by atoms with Crippen LogP contribution in [0, 0.1) is 12.3 Å². The lowest BCUT2D eigenvalue weighted by Gasteiger charge is -2.14. The summed E-state index contributed by atoms with van der Waals surface area (Å²) in [6, 6.07) is 5.24. The molecule has 0 radical (unpaired) electrons. The SMILES string of the molecule is C#CCNC(C)c1ccc(OC)cc1O. The number of nitrogens with one attached hydrogen (secondary N) is 1. The van der Waals surface area contributed by atoms with Gasteiger partial charge in [0.25, 0.3) is 0 Å². The zero-order valence-electron chi connectivity index (χ0n) is 8.95. The Morgan fingerprint density at radius 1 is 1.60 bits per heavy atom. The summed E-state index contributed by atoms with van der Waals surface area (Å²) in [5, 5.41) is 12.8. The fourth-order valence-corrected chi connectivity index (χ4v) is 1.34. The van der Waals surface area contributed by atoms with E-state index in [4.69, 9.17) is 11.2 Å². The van der Waals surface area contributed by atoms with Crippen LogP contribution in [0.25, 0.3) is 0 Å². The maximum Gasteiger partial charge on any atom is 0.124 e. The first-order valence-electron chi connectivity index (χ1n) is 4.72. The molecule has 0 heterocycles. The maximum atomic E-state index is 9.72. The van der Waals surface area contributed by atoms with Crippen molar-refractivity contribution in [2.75, 3.05) is 13.7 Å². The predicted molar refractivity (Wildman–Crippen MR) is 59.9 cm³/mol. The number of hydrogen-bond donors (Lipinski definition) is 2. The number of ether oxygens (including phenoxy) is 1. The second kappa shape index (κ2) is 5.28. The van der Waals surface area contributed by atoms with E-state index < -0.39 is 0 Å². The number of rotatable bonds is 4. The fourth-order valence-electron chi connectivity index (χ4n) is 1.34. The van der Waals surface area contributed by atoms with Gasteiger partial charge in [-0.05, 0) is 13.0 Å². The van der Waals surface area contributed by atoms with Crippen molar-refractivity contribution < 1.29 is 9.84 Å². The highest BCUT2D eigenvalue weighted by molar-refractivity contribution is 5.41. The van der Waals surface area contributed by atoms with E-state index in [0.717, 1.165) is 5.56 Å². The second-order valence-corrected chi connectivity index (χ2v) is 3.23. The van der Waals surface area contributed by atoms with Crippen LogP contribution in [0.15, 0.2) is 18.2 Å². The number of methoxy groups -OCH3 is 1. The van der Waals surface area contributed by atoms with Crippen LogP contribution in [0.4, 0.5) is 0 Å². The van der Waals surface area contributed by atoms with Gasteiger partial charge in [0.1, 0.15) is 11.5 Å². The molecule has 0 aliphatic rings. The number of aromatic hydroxyl groups is 1. The van der Waals surface area contributed by atoms with Crippen molar-refractivity contribution in [1.29, 1.82) is 0 Å². The third-order valence-electron chi connectivity index (χ3n) is 2.21. The molecule has 0 fully saturated rings. The third kappa shape index (κ3) is 2.90. The standard InChI is InChI=1S/C12H15NO2/c1-4-7-13-9(2)11-6-5-10(15-3)8-12(11)14/h1,5-6,8-9,13-14H,7H2,2-3H3. The van der Waals surface area contributed by atoms with E-state index in [9.17, 15) is 5.11 Å². The first-order valence-corrected chi connectivity index (χ1v) is 4.72. The molecule has 1 atom stereocenters. The Bertz CT molecular complexity index is 368. The second-order valence-electron chi connectivity index (χ2n) is 3.23. The monoisotopic (exact) mass is 205 g/mol. The van der Waals surface area contributed by atoms with Gasteiger partial charge in [-0.3, -0.25) is 5.32 Å². The van der Waals surface area contributed by atoms with Crippen LogP contribution in [0.2, 0.25) is 0 Å². The molecule has 0 aliphatic carbocycles. The number of phenolic OH excluding ortho intramolecular Hbond substituents is 1. The molecular weight excluding hydrogens is 190 g/mol. The Labute approximate surface area is 90.1 Å². The van der Waals surface area contributed by atoms with Gasteiger partial charge in [0.2, 0.25) is 0 Å². The summed E-state index contributed by atoms with van der Waals surface area (Å²) >= 11 is 0. The van der Waals surface area contributed by atoms with E-state index in [1.807, 2.05) is 19.1 Å². The highest BCUT2D eigenvalue weighted by Gasteiger charge is 2.09. The minimum absolute atomic E-state index is 0.0203. The zero-order valence-corrected chi connectivity index (χ0v) is 8.95. The first-order chi connectivity index (χ1) is 7.19. The summed E-state index contributed by atoms with van der Waals surface area (Å²) in [5.41, 5.74) is 0.811. The Hall–Kier alpha value is -1.66. The molecule has 0 saturated heterocycles. The normalized spacial score (nSPS) is 11.8. The zero-order chi connectivity index (χ0) is 11.3. The van der Waals surface area contributed by atoms with Crippen LogP contribution < -0.4 is 10.1 Å².